The number of nitrogens with one attached hydrogen (secondary N) is 1. The summed E-state index contributed by atoms with van der Waals surface area (Å²) in [5, 5.41) is 12.7. The predicted octanol–water partition coefficient (Wildman–Crippen LogP) is 3.04. The van der Waals surface area contributed by atoms with E-state index in [4.69, 9.17) is 0 Å². The SMILES string of the molecule is CCC(=O)Nc1ccc(O)c(C(=O)N=c2sc3ccccc3n2C)c1. The topological polar surface area (TPSA) is 83.7 Å². The Morgan fingerprint density at radius 1 is 1.24 bits per heavy atom. The van der Waals surface area contributed by atoms with Crippen LogP contribution in [0.5, 0.6) is 5.75 Å². The molecule has 1 heterocycles. The Hall–Kier alpha value is -2.93. The number of para-hydroxylation sites is 1. The van der Waals surface area contributed by atoms with Crippen LogP contribution in [0.4, 0.5) is 5.69 Å². The van der Waals surface area contributed by atoms with Crippen LogP contribution in [0.2, 0.25) is 0 Å². The smallest absolute Gasteiger partial charge is 0.283 e. The maximum Gasteiger partial charge on any atom is 0.283 e. The molecule has 0 aliphatic rings. The zero-order valence-corrected chi connectivity index (χ0v) is 14.6. The number of aryl methyl sites for hydroxylation is 1. The summed E-state index contributed by atoms with van der Waals surface area (Å²) in [6.45, 7) is 1.73. The van der Waals surface area contributed by atoms with E-state index in [9.17, 15) is 14.7 Å². The molecule has 0 spiro atoms. The van der Waals surface area contributed by atoms with Crippen LogP contribution < -0.4 is 10.1 Å². The molecule has 0 unspecified atom stereocenters. The number of nitrogens with zero attached hydrogens (tertiary/aromatic N) is 2. The third kappa shape index (κ3) is 3.46. The van der Waals surface area contributed by atoms with Gasteiger partial charge in [0.1, 0.15) is 5.75 Å². The van der Waals surface area contributed by atoms with Crippen LogP contribution in [-0.2, 0) is 11.8 Å². The number of amides is 2. The van der Waals surface area contributed by atoms with Crippen molar-refractivity contribution in [2.24, 2.45) is 12.0 Å². The van der Waals surface area contributed by atoms with Gasteiger partial charge >= 0.3 is 0 Å². The second-order valence-corrected chi connectivity index (χ2v) is 6.47. The molecule has 6 nitrogen and oxygen atoms in total. The second kappa shape index (κ2) is 6.90. The molecule has 0 saturated heterocycles. The summed E-state index contributed by atoms with van der Waals surface area (Å²) in [5.74, 6) is -0.906. The van der Waals surface area contributed by atoms with E-state index in [-0.39, 0.29) is 17.2 Å². The number of hydrogen-bond acceptors (Lipinski definition) is 4. The van der Waals surface area contributed by atoms with Crippen LogP contribution in [0.1, 0.15) is 23.7 Å². The van der Waals surface area contributed by atoms with E-state index in [0.717, 1.165) is 10.2 Å². The quantitative estimate of drug-likeness (QED) is 0.708. The molecule has 0 fully saturated rings. The lowest BCUT2D eigenvalue weighted by molar-refractivity contribution is -0.115. The van der Waals surface area contributed by atoms with Crippen molar-refractivity contribution in [2.75, 3.05) is 5.32 Å². The Balaban J connectivity index is 2.01. The average Bonchev–Trinajstić information content (AvgIpc) is 2.92. The van der Waals surface area contributed by atoms with Crippen molar-refractivity contribution >= 4 is 39.1 Å². The number of hydrogen-bond donors (Lipinski definition) is 2. The van der Waals surface area contributed by atoms with E-state index < -0.39 is 5.91 Å². The van der Waals surface area contributed by atoms with Gasteiger partial charge in [-0.1, -0.05) is 30.4 Å². The number of aromatic hydroxyl groups is 1. The van der Waals surface area contributed by atoms with E-state index in [0.29, 0.717) is 16.9 Å². The number of carbonyl (C=O) groups is 2. The zero-order chi connectivity index (χ0) is 18.0. The van der Waals surface area contributed by atoms with Crippen molar-refractivity contribution in [3.63, 3.8) is 0 Å². The summed E-state index contributed by atoms with van der Waals surface area (Å²) in [5.41, 5.74) is 1.47. The van der Waals surface area contributed by atoms with Crippen LogP contribution >= 0.6 is 11.3 Å². The zero-order valence-electron chi connectivity index (χ0n) is 13.8. The molecule has 2 N–H and O–H groups in total. The Bertz CT molecular complexity index is 1030. The lowest BCUT2D eigenvalue weighted by Crippen LogP contribution is -2.14. The van der Waals surface area contributed by atoms with Gasteiger partial charge in [-0.25, -0.2) is 0 Å². The van der Waals surface area contributed by atoms with Gasteiger partial charge in [0.2, 0.25) is 5.91 Å². The van der Waals surface area contributed by atoms with Gasteiger partial charge in [0.25, 0.3) is 5.91 Å². The van der Waals surface area contributed by atoms with E-state index >= 15 is 0 Å². The molecule has 25 heavy (non-hydrogen) atoms. The Morgan fingerprint density at radius 3 is 2.72 bits per heavy atom. The van der Waals surface area contributed by atoms with Gasteiger partial charge in [-0.3, -0.25) is 9.59 Å². The maximum absolute atomic E-state index is 12.5. The van der Waals surface area contributed by atoms with Gasteiger partial charge in [0.05, 0.1) is 15.8 Å². The summed E-state index contributed by atoms with van der Waals surface area (Å²) in [7, 11) is 1.84. The van der Waals surface area contributed by atoms with Gasteiger partial charge in [-0.15, -0.1) is 0 Å². The first kappa shape index (κ1) is 16.9. The van der Waals surface area contributed by atoms with Crippen molar-refractivity contribution in [1.82, 2.24) is 4.57 Å². The fourth-order valence-corrected chi connectivity index (χ4v) is 3.39. The Kier molecular flexibility index (Phi) is 4.67. The first-order valence-corrected chi connectivity index (χ1v) is 8.57. The highest BCUT2D eigenvalue weighted by Crippen LogP contribution is 2.23. The minimum atomic E-state index is -0.563. The number of benzene rings is 2. The van der Waals surface area contributed by atoms with E-state index in [2.05, 4.69) is 10.3 Å². The van der Waals surface area contributed by atoms with Gasteiger partial charge in [-0.05, 0) is 30.3 Å². The highest BCUT2D eigenvalue weighted by atomic mass is 32.1. The number of fused-ring (bicyclic) bond motifs is 1. The lowest BCUT2D eigenvalue weighted by Gasteiger charge is -2.06. The van der Waals surface area contributed by atoms with Gasteiger partial charge < -0.3 is 15.0 Å². The number of phenols is 1. The first-order valence-electron chi connectivity index (χ1n) is 7.76. The third-order valence-corrected chi connectivity index (χ3v) is 4.86. The molecule has 0 atom stereocenters. The number of aromatic nitrogens is 1. The minimum Gasteiger partial charge on any atom is -0.507 e. The number of thiazole rings is 1. The molecule has 128 valence electrons. The molecule has 0 aliphatic heterocycles. The molecule has 2 aromatic carbocycles. The monoisotopic (exact) mass is 355 g/mol. The summed E-state index contributed by atoms with van der Waals surface area (Å²) in [6, 6.07) is 12.1. The van der Waals surface area contributed by atoms with Crippen LogP contribution in [0.25, 0.3) is 10.2 Å². The van der Waals surface area contributed by atoms with Crippen molar-refractivity contribution < 1.29 is 14.7 Å². The fourth-order valence-electron chi connectivity index (χ4n) is 2.37. The highest BCUT2D eigenvalue weighted by molar-refractivity contribution is 7.16. The standard InChI is InChI=1S/C18H17N3O3S/c1-3-16(23)19-11-8-9-14(22)12(10-11)17(24)20-18-21(2)13-6-4-5-7-15(13)25-18/h4-10,22H,3H2,1-2H3,(H,19,23). The molecule has 3 rings (SSSR count). The van der Waals surface area contributed by atoms with E-state index in [1.54, 1.807) is 13.0 Å². The summed E-state index contributed by atoms with van der Waals surface area (Å²) < 4.78 is 2.85. The minimum absolute atomic E-state index is 0.0476. The normalized spacial score (nSPS) is 11.7. The molecule has 7 heteroatoms. The average molecular weight is 355 g/mol. The number of anilines is 1. The van der Waals surface area contributed by atoms with Crippen LogP contribution in [-0.4, -0.2) is 21.5 Å². The molecule has 0 bridgehead atoms. The predicted molar refractivity (Wildman–Crippen MR) is 97.7 cm³/mol. The summed E-state index contributed by atoms with van der Waals surface area (Å²) in [6.07, 6.45) is 0.326. The number of rotatable bonds is 3. The molecule has 2 amide bonds. The number of phenolic OH excluding ortho intramolecular Hbond substituents is 1. The van der Waals surface area contributed by atoms with Crippen LogP contribution in [0.3, 0.4) is 0 Å². The summed E-state index contributed by atoms with van der Waals surface area (Å²) in [4.78, 5) is 28.7. The van der Waals surface area contributed by atoms with Gasteiger partial charge in [0.15, 0.2) is 4.80 Å². The third-order valence-electron chi connectivity index (χ3n) is 3.74. The van der Waals surface area contributed by atoms with E-state index in [1.807, 2.05) is 35.9 Å². The number of carbonyl (C=O) groups excluding carboxylic acids is 2. The first-order chi connectivity index (χ1) is 12.0. The Labute approximate surface area is 148 Å². The molecular formula is C18H17N3O3S. The van der Waals surface area contributed by atoms with Crippen molar-refractivity contribution in [1.29, 1.82) is 0 Å². The molecule has 0 aliphatic carbocycles. The van der Waals surface area contributed by atoms with Crippen molar-refractivity contribution in [3.05, 3.63) is 52.8 Å². The molecule has 1 aromatic heterocycles. The highest BCUT2D eigenvalue weighted by Gasteiger charge is 2.13. The maximum atomic E-state index is 12.5. The largest absolute Gasteiger partial charge is 0.507 e. The van der Waals surface area contributed by atoms with Crippen molar-refractivity contribution in [2.45, 2.75) is 13.3 Å². The van der Waals surface area contributed by atoms with Crippen LogP contribution in [0, 0.1) is 0 Å². The summed E-state index contributed by atoms with van der Waals surface area (Å²) >= 11 is 1.40. The fraction of sp³-hybridized carbons (Fsp3) is 0.167. The van der Waals surface area contributed by atoms with Crippen LogP contribution in [0.15, 0.2) is 47.5 Å². The molecule has 0 radical (unpaired) electrons. The van der Waals surface area contributed by atoms with Gasteiger partial charge in [-0.2, -0.15) is 4.99 Å². The second-order valence-electron chi connectivity index (χ2n) is 5.46. The Morgan fingerprint density at radius 2 is 2.00 bits per heavy atom. The van der Waals surface area contributed by atoms with Gasteiger partial charge in [0, 0.05) is 19.2 Å². The van der Waals surface area contributed by atoms with Crippen molar-refractivity contribution in [3.8, 4) is 5.75 Å². The van der Waals surface area contributed by atoms with E-state index in [1.165, 1.54) is 23.5 Å². The molecule has 0 saturated carbocycles. The lowest BCUT2D eigenvalue weighted by atomic mass is 10.1. The molecule has 3 aromatic rings. The molecular weight excluding hydrogens is 338 g/mol.